The number of piperazine rings is 1. The summed E-state index contributed by atoms with van der Waals surface area (Å²) in [6, 6.07) is 11.1. The van der Waals surface area contributed by atoms with E-state index in [2.05, 4.69) is 20.9 Å². The van der Waals surface area contributed by atoms with Crippen LogP contribution >= 0.6 is 35.2 Å². The van der Waals surface area contributed by atoms with Gasteiger partial charge in [-0.05, 0) is 61.4 Å². The number of carbonyl (C=O) groups is 3. The smallest absolute Gasteiger partial charge is 0.256 e. The molecule has 3 amide bonds. The summed E-state index contributed by atoms with van der Waals surface area (Å²) in [7, 11) is 0. The third kappa shape index (κ3) is 6.78. The lowest BCUT2D eigenvalue weighted by Crippen LogP contribution is -2.49. The molecule has 0 bridgehead atoms. The van der Waals surface area contributed by atoms with Crippen molar-refractivity contribution in [2.75, 3.05) is 38.0 Å². The molecule has 1 saturated heterocycles. The molecular weight excluding hydrogens is 597 g/mol. The highest BCUT2D eigenvalue weighted by Crippen LogP contribution is 2.39. The number of carbonyl (C=O) groups excluding carboxylic acids is 3. The molecule has 0 spiro atoms. The highest BCUT2D eigenvalue weighted by molar-refractivity contribution is 7.98. The van der Waals surface area contributed by atoms with Gasteiger partial charge in [-0.1, -0.05) is 17.7 Å². The number of anilines is 1. The minimum absolute atomic E-state index is 0.00870. The quantitative estimate of drug-likeness (QED) is 0.191. The number of nitrogens with one attached hydrogen (secondary N) is 4. The lowest BCUT2D eigenvalue weighted by Gasteiger charge is -2.26. The van der Waals surface area contributed by atoms with Crippen molar-refractivity contribution in [3.8, 4) is 5.75 Å². The normalized spacial score (nSPS) is 15.9. The van der Waals surface area contributed by atoms with Gasteiger partial charge in [0, 0.05) is 70.1 Å². The number of H-pyrrole nitrogens is 1. The van der Waals surface area contributed by atoms with Crippen molar-refractivity contribution in [2.24, 2.45) is 0 Å². The largest absolute Gasteiger partial charge is 0.385 e. The third-order valence-corrected chi connectivity index (χ3v) is 8.98. The zero-order valence-corrected chi connectivity index (χ0v) is 25.6. The van der Waals surface area contributed by atoms with Crippen molar-refractivity contribution in [2.45, 2.75) is 30.9 Å². The van der Waals surface area contributed by atoms with Crippen LogP contribution in [0.2, 0.25) is 5.02 Å². The molecule has 0 radical (unpaired) electrons. The Hall–Kier alpha value is -3.44. The molecule has 42 heavy (non-hydrogen) atoms. The van der Waals surface area contributed by atoms with E-state index in [1.165, 1.54) is 0 Å². The Kier molecular flexibility index (Phi) is 9.47. The fourth-order valence-corrected chi connectivity index (χ4v) is 6.57. The summed E-state index contributed by atoms with van der Waals surface area (Å²) in [6.45, 7) is 6.72. The van der Waals surface area contributed by atoms with Crippen LogP contribution in [0, 0.1) is 13.8 Å². The average Bonchev–Trinajstić information content (AvgIpc) is 3.41. The average molecular weight is 629 g/mol. The lowest BCUT2D eigenvalue weighted by molar-refractivity contribution is -0.124. The van der Waals surface area contributed by atoms with Crippen molar-refractivity contribution in [1.29, 1.82) is 0 Å². The number of aromatic nitrogens is 1. The predicted molar refractivity (Wildman–Crippen MR) is 167 cm³/mol. The monoisotopic (exact) mass is 627 g/mol. The van der Waals surface area contributed by atoms with Gasteiger partial charge in [0.05, 0.1) is 18.5 Å². The number of benzene rings is 2. The maximum absolute atomic E-state index is 13.0. The number of aromatic amines is 1. The van der Waals surface area contributed by atoms with Crippen molar-refractivity contribution < 1.29 is 18.7 Å². The van der Waals surface area contributed by atoms with E-state index >= 15 is 0 Å². The van der Waals surface area contributed by atoms with E-state index in [0.29, 0.717) is 48.3 Å². The third-order valence-electron chi connectivity index (χ3n) is 7.44. The van der Waals surface area contributed by atoms with Gasteiger partial charge in [0.15, 0.2) is 5.75 Å². The van der Waals surface area contributed by atoms with Crippen LogP contribution in [0.3, 0.4) is 0 Å². The number of hydrogen-bond acceptors (Lipinski definition) is 6. The van der Waals surface area contributed by atoms with Gasteiger partial charge in [-0.15, -0.1) is 11.8 Å². The molecule has 220 valence electrons. The van der Waals surface area contributed by atoms with E-state index in [1.807, 2.05) is 43.0 Å². The number of hydrogen-bond donors (Lipinski definition) is 4. The predicted octanol–water partition coefficient (Wildman–Crippen LogP) is 4.69. The summed E-state index contributed by atoms with van der Waals surface area (Å²) in [5.41, 5.74) is 6.35. The Morgan fingerprint density at radius 1 is 1.19 bits per heavy atom. The second-order valence-electron chi connectivity index (χ2n) is 10.2. The Labute approximate surface area is 258 Å². The maximum atomic E-state index is 13.0. The minimum Gasteiger partial charge on any atom is -0.385 e. The topological polar surface area (TPSA) is 116 Å². The Bertz CT molecular complexity index is 1570. The number of fused-ring (bicyclic) bond motifs is 1. The number of amides is 3. The van der Waals surface area contributed by atoms with Crippen molar-refractivity contribution in [1.82, 2.24) is 20.5 Å². The molecule has 0 aliphatic carbocycles. The summed E-state index contributed by atoms with van der Waals surface area (Å²) in [5, 5.41) is 9.26. The molecule has 0 saturated carbocycles. The van der Waals surface area contributed by atoms with E-state index < -0.39 is 0 Å². The molecule has 9 nitrogen and oxygen atoms in total. The van der Waals surface area contributed by atoms with Crippen LogP contribution in [0.4, 0.5) is 5.69 Å². The fourth-order valence-electron chi connectivity index (χ4n) is 5.13. The lowest BCUT2D eigenvalue weighted by atomic mass is 10.0. The van der Waals surface area contributed by atoms with E-state index in [0.717, 1.165) is 50.8 Å². The van der Waals surface area contributed by atoms with Crippen molar-refractivity contribution in [3.63, 3.8) is 0 Å². The SMILES string of the molecule is Cc1[nH]c(/C=C2\C(=O)Nc3ccc(SCc4c(Cl)cccc4OCl)cc32)c(C)c1CC(=O)NCCN1CCNC(=O)C1. The Morgan fingerprint density at radius 3 is 2.81 bits per heavy atom. The van der Waals surface area contributed by atoms with Crippen LogP contribution in [0.5, 0.6) is 5.75 Å². The van der Waals surface area contributed by atoms with Crippen LogP contribution in [-0.4, -0.2) is 60.3 Å². The molecule has 12 heteroatoms. The van der Waals surface area contributed by atoms with Gasteiger partial charge in [0.2, 0.25) is 11.8 Å². The van der Waals surface area contributed by atoms with Crippen LogP contribution in [0.1, 0.15) is 33.6 Å². The summed E-state index contributed by atoms with van der Waals surface area (Å²) in [4.78, 5) is 43.6. The first-order valence-electron chi connectivity index (χ1n) is 13.5. The summed E-state index contributed by atoms with van der Waals surface area (Å²) in [5.74, 6) is 0.776. The molecular formula is C30H31Cl2N5O4S. The van der Waals surface area contributed by atoms with Gasteiger partial charge >= 0.3 is 0 Å². The van der Waals surface area contributed by atoms with E-state index in [1.54, 1.807) is 30.0 Å². The minimum atomic E-state index is -0.187. The molecule has 0 unspecified atom stereocenters. The van der Waals surface area contributed by atoms with Gasteiger partial charge in [0.1, 0.15) is 11.9 Å². The highest BCUT2D eigenvalue weighted by Gasteiger charge is 2.26. The molecule has 1 fully saturated rings. The van der Waals surface area contributed by atoms with E-state index in [9.17, 15) is 14.4 Å². The van der Waals surface area contributed by atoms with Crippen molar-refractivity contribution >= 4 is 70.3 Å². The first kappa shape index (κ1) is 30.0. The molecule has 2 aromatic carbocycles. The number of rotatable bonds is 10. The van der Waals surface area contributed by atoms with E-state index in [4.69, 9.17) is 27.8 Å². The van der Waals surface area contributed by atoms with Crippen LogP contribution in [0.15, 0.2) is 41.3 Å². The number of nitrogens with zero attached hydrogens (tertiary/aromatic N) is 1. The zero-order chi connectivity index (χ0) is 29.8. The van der Waals surface area contributed by atoms with Crippen LogP contribution in [-0.2, 0) is 26.6 Å². The summed E-state index contributed by atoms with van der Waals surface area (Å²) < 4.78 is 4.95. The number of aryl methyl sites for hydroxylation is 1. The molecule has 0 atom stereocenters. The van der Waals surface area contributed by atoms with Crippen LogP contribution < -0.4 is 20.2 Å². The van der Waals surface area contributed by atoms with Gasteiger partial charge < -0.3 is 25.2 Å². The molecule has 2 aliphatic heterocycles. The van der Waals surface area contributed by atoms with Crippen molar-refractivity contribution in [3.05, 3.63) is 75.1 Å². The molecule has 3 aromatic rings. The molecule has 5 rings (SSSR count). The summed E-state index contributed by atoms with van der Waals surface area (Å²) >= 11 is 13.5. The fraction of sp³-hybridized carbons (Fsp3) is 0.300. The van der Waals surface area contributed by atoms with E-state index in [-0.39, 0.29) is 24.1 Å². The molecule has 3 heterocycles. The summed E-state index contributed by atoms with van der Waals surface area (Å²) in [6.07, 6.45) is 2.06. The first-order chi connectivity index (χ1) is 20.2. The number of halogens is 2. The highest BCUT2D eigenvalue weighted by atomic mass is 35.5. The first-order valence-corrected chi connectivity index (χ1v) is 15.2. The van der Waals surface area contributed by atoms with Gasteiger partial charge in [0.25, 0.3) is 5.91 Å². The van der Waals surface area contributed by atoms with Crippen LogP contribution in [0.25, 0.3) is 11.6 Å². The zero-order valence-electron chi connectivity index (χ0n) is 23.2. The second-order valence-corrected chi connectivity index (χ2v) is 11.8. The maximum Gasteiger partial charge on any atom is 0.256 e. The van der Waals surface area contributed by atoms with Gasteiger partial charge in [-0.2, -0.15) is 0 Å². The number of thioether (sulfide) groups is 1. The molecule has 4 N–H and O–H groups in total. The Balaban J connectivity index is 1.27. The molecule has 1 aromatic heterocycles. The van der Waals surface area contributed by atoms with Gasteiger partial charge in [-0.3, -0.25) is 19.3 Å². The second kappa shape index (κ2) is 13.2. The Morgan fingerprint density at radius 2 is 2.02 bits per heavy atom. The van der Waals surface area contributed by atoms with Gasteiger partial charge in [-0.25, -0.2) is 0 Å². The molecule has 2 aliphatic rings. The standard InChI is InChI=1S/C30H31Cl2N5O4S/c1-17-20(14-28(38)33-8-10-37-11-9-34-29(39)15-37)18(2)35-26(17)13-22-21-12-19(6-7-25(21)36-30(22)40)42-16-23-24(31)4-3-5-27(23)41-32/h3-7,12-13,35H,8-11,14-16H2,1-2H3,(H,33,38)(H,34,39)(H,36,40)/b22-13-.